The summed E-state index contributed by atoms with van der Waals surface area (Å²) in [5, 5.41) is 6.54. The van der Waals surface area contributed by atoms with Crippen molar-refractivity contribution in [2.75, 3.05) is 0 Å². The molecule has 0 aromatic rings. The molecule has 2 bridgehead atoms. The molecule has 0 spiro atoms. The van der Waals surface area contributed by atoms with Crippen LogP contribution in [0.15, 0.2) is 0 Å². The van der Waals surface area contributed by atoms with Crippen molar-refractivity contribution in [3.63, 3.8) is 0 Å². The third kappa shape index (κ3) is 1.85. The highest BCUT2D eigenvalue weighted by Gasteiger charge is 2.31. The zero-order valence-corrected chi connectivity index (χ0v) is 8.18. The van der Waals surface area contributed by atoms with E-state index in [1.54, 1.807) is 0 Å². The molecule has 74 valence electrons. The molecule has 1 amide bonds. The number of rotatable bonds is 1. The minimum absolute atomic E-state index is 0.0492. The predicted octanol–water partition coefficient (Wildman–Crippen LogP) is 0.796. The van der Waals surface area contributed by atoms with Crippen molar-refractivity contribution in [1.29, 1.82) is 0 Å². The van der Waals surface area contributed by atoms with Crippen LogP contribution in [-0.2, 0) is 4.79 Å². The lowest BCUT2D eigenvalue weighted by Gasteiger charge is -2.26. The molecule has 3 heteroatoms. The van der Waals surface area contributed by atoms with E-state index in [2.05, 4.69) is 17.6 Å². The van der Waals surface area contributed by atoms with Gasteiger partial charge in [0.15, 0.2) is 0 Å². The number of hydrogen-bond acceptors (Lipinski definition) is 2. The summed E-state index contributed by atoms with van der Waals surface area (Å²) >= 11 is 0. The van der Waals surface area contributed by atoms with Gasteiger partial charge in [0.05, 0.1) is 6.04 Å². The molecule has 0 aromatic heterocycles. The van der Waals surface area contributed by atoms with Crippen LogP contribution in [-0.4, -0.2) is 24.0 Å². The van der Waals surface area contributed by atoms with E-state index in [1.807, 2.05) is 0 Å². The van der Waals surface area contributed by atoms with Crippen molar-refractivity contribution < 1.29 is 4.79 Å². The molecule has 1 heterocycles. The van der Waals surface area contributed by atoms with Gasteiger partial charge in [-0.2, -0.15) is 0 Å². The quantitative estimate of drug-likeness (QED) is 0.629. The van der Waals surface area contributed by atoms with E-state index in [0.717, 1.165) is 12.8 Å². The molecular formula is C10H18N2O. The monoisotopic (exact) mass is 182 g/mol. The summed E-state index contributed by atoms with van der Waals surface area (Å²) in [5.74, 6) is 0.205. The van der Waals surface area contributed by atoms with Crippen molar-refractivity contribution in [1.82, 2.24) is 10.6 Å². The number of nitrogens with one attached hydrogen (secondary N) is 2. The zero-order valence-electron chi connectivity index (χ0n) is 8.18. The first-order valence-corrected chi connectivity index (χ1v) is 5.36. The largest absolute Gasteiger partial charge is 0.352 e. The molecule has 3 atom stereocenters. The maximum absolute atomic E-state index is 11.6. The Morgan fingerprint density at radius 2 is 2.15 bits per heavy atom. The Kier molecular flexibility index (Phi) is 2.54. The third-order valence-corrected chi connectivity index (χ3v) is 3.18. The van der Waals surface area contributed by atoms with Gasteiger partial charge in [-0.1, -0.05) is 6.92 Å². The van der Waals surface area contributed by atoms with Gasteiger partial charge in [-0.05, 0) is 32.1 Å². The van der Waals surface area contributed by atoms with E-state index >= 15 is 0 Å². The second-order valence-corrected chi connectivity index (χ2v) is 4.20. The number of carbonyl (C=O) groups is 1. The lowest BCUT2D eigenvalue weighted by atomic mass is 9.91. The van der Waals surface area contributed by atoms with E-state index in [0.29, 0.717) is 12.1 Å². The fraction of sp³-hybridized carbons (Fsp3) is 0.900. The Hall–Kier alpha value is -0.570. The molecule has 13 heavy (non-hydrogen) atoms. The van der Waals surface area contributed by atoms with Crippen LogP contribution in [0.4, 0.5) is 0 Å². The Balaban J connectivity index is 2.07. The maximum Gasteiger partial charge on any atom is 0.237 e. The first kappa shape index (κ1) is 9.00. The van der Waals surface area contributed by atoms with Crippen molar-refractivity contribution in [3.05, 3.63) is 0 Å². The Labute approximate surface area is 79.3 Å². The second kappa shape index (κ2) is 3.66. The third-order valence-electron chi connectivity index (χ3n) is 3.18. The molecule has 3 unspecified atom stereocenters. The van der Waals surface area contributed by atoms with Crippen LogP contribution in [0.2, 0.25) is 0 Å². The van der Waals surface area contributed by atoms with Gasteiger partial charge in [-0.15, -0.1) is 0 Å². The van der Waals surface area contributed by atoms with Crippen LogP contribution >= 0.6 is 0 Å². The fourth-order valence-electron chi connectivity index (χ4n) is 2.44. The Morgan fingerprint density at radius 1 is 1.38 bits per heavy atom. The van der Waals surface area contributed by atoms with E-state index in [-0.39, 0.29) is 11.9 Å². The number of amides is 1. The lowest BCUT2D eigenvalue weighted by Crippen LogP contribution is -2.43. The number of carbonyl (C=O) groups excluding carboxylic acids is 1. The van der Waals surface area contributed by atoms with Crippen molar-refractivity contribution in [2.45, 2.75) is 57.2 Å². The van der Waals surface area contributed by atoms with Crippen LogP contribution < -0.4 is 10.6 Å². The van der Waals surface area contributed by atoms with Crippen molar-refractivity contribution >= 4 is 5.91 Å². The average Bonchev–Trinajstić information content (AvgIpc) is 2.23. The SMILES string of the molecule is CCC1NC2CCCC(C2)NC1=O. The summed E-state index contributed by atoms with van der Waals surface area (Å²) in [6.07, 6.45) is 5.68. The first-order chi connectivity index (χ1) is 6.29. The second-order valence-electron chi connectivity index (χ2n) is 4.20. The summed E-state index contributed by atoms with van der Waals surface area (Å²) in [6, 6.07) is 1.06. The van der Waals surface area contributed by atoms with Gasteiger partial charge < -0.3 is 10.6 Å². The average molecular weight is 182 g/mol. The smallest absolute Gasteiger partial charge is 0.237 e. The van der Waals surface area contributed by atoms with Crippen LogP contribution in [0.1, 0.15) is 39.0 Å². The maximum atomic E-state index is 11.6. The minimum atomic E-state index is 0.0492. The summed E-state index contributed by atoms with van der Waals surface area (Å²) < 4.78 is 0. The summed E-state index contributed by atoms with van der Waals surface area (Å²) in [6.45, 7) is 2.06. The normalized spacial score (nSPS) is 39.5. The van der Waals surface area contributed by atoms with Gasteiger partial charge in [0.2, 0.25) is 5.91 Å². The molecule has 1 aliphatic heterocycles. The standard InChI is InChI=1S/C10H18N2O/c1-2-9-10(13)12-8-5-3-4-7(6-8)11-9/h7-9,11H,2-6H2,1H3,(H,12,13). The molecule has 1 saturated carbocycles. The topological polar surface area (TPSA) is 41.1 Å². The molecule has 2 fully saturated rings. The Bertz CT molecular complexity index is 205. The van der Waals surface area contributed by atoms with E-state index in [1.165, 1.54) is 19.3 Å². The van der Waals surface area contributed by atoms with Gasteiger partial charge in [0.25, 0.3) is 0 Å². The molecule has 0 aromatic carbocycles. The van der Waals surface area contributed by atoms with Gasteiger partial charge in [-0.25, -0.2) is 0 Å². The first-order valence-electron chi connectivity index (χ1n) is 5.36. The molecule has 2 rings (SSSR count). The minimum Gasteiger partial charge on any atom is -0.352 e. The molecule has 2 N–H and O–H groups in total. The van der Waals surface area contributed by atoms with Gasteiger partial charge in [-0.3, -0.25) is 4.79 Å². The Morgan fingerprint density at radius 3 is 2.92 bits per heavy atom. The molecule has 2 aliphatic rings. The van der Waals surface area contributed by atoms with E-state index in [4.69, 9.17) is 0 Å². The van der Waals surface area contributed by atoms with E-state index < -0.39 is 0 Å². The fourth-order valence-corrected chi connectivity index (χ4v) is 2.44. The van der Waals surface area contributed by atoms with Crippen LogP contribution in [0.3, 0.4) is 0 Å². The zero-order chi connectivity index (χ0) is 9.26. The van der Waals surface area contributed by atoms with Crippen LogP contribution in [0, 0.1) is 0 Å². The summed E-state index contributed by atoms with van der Waals surface area (Å²) in [7, 11) is 0. The molecular weight excluding hydrogens is 164 g/mol. The molecule has 1 saturated heterocycles. The molecule has 3 nitrogen and oxygen atoms in total. The van der Waals surface area contributed by atoms with E-state index in [9.17, 15) is 4.79 Å². The lowest BCUT2D eigenvalue weighted by molar-refractivity contribution is -0.123. The molecule has 1 aliphatic carbocycles. The van der Waals surface area contributed by atoms with Gasteiger partial charge in [0.1, 0.15) is 0 Å². The van der Waals surface area contributed by atoms with Crippen LogP contribution in [0.25, 0.3) is 0 Å². The number of fused-ring (bicyclic) bond motifs is 2. The highest BCUT2D eigenvalue weighted by molar-refractivity contribution is 5.82. The number of hydrogen-bond donors (Lipinski definition) is 2. The van der Waals surface area contributed by atoms with Gasteiger partial charge in [0, 0.05) is 12.1 Å². The van der Waals surface area contributed by atoms with Crippen molar-refractivity contribution in [2.24, 2.45) is 0 Å². The molecule has 0 radical (unpaired) electrons. The summed E-state index contributed by atoms with van der Waals surface area (Å²) in [5.41, 5.74) is 0. The predicted molar refractivity (Wildman–Crippen MR) is 51.4 cm³/mol. The van der Waals surface area contributed by atoms with Crippen LogP contribution in [0.5, 0.6) is 0 Å². The summed E-state index contributed by atoms with van der Waals surface area (Å²) in [4.78, 5) is 11.6. The highest BCUT2D eigenvalue weighted by Crippen LogP contribution is 2.21. The van der Waals surface area contributed by atoms with Crippen molar-refractivity contribution in [3.8, 4) is 0 Å². The van der Waals surface area contributed by atoms with Gasteiger partial charge >= 0.3 is 0 Å². The highest BCUT2D eigenvalue weighted by atomic mass is 16.2.